The smallest absolute Gasteiger partial charge is 0.335 e. The molecule has 0 atom stereocenters. The van der Waals surface area contributed by atoms with Crippen molar-refractivity contribution < 1.29 is 9.90 Å². The largest absolute Gasteiger partial charge is 0.478 e. The fraction of sp³-hybridized carbons (Fsp3) is 0.0667. The highest BCUT2D eigenvalue weighted by Crippen LogP contribution is 2.09. The van der Waals surface area contributed by atoms with E-state index >= 15 is 0 Å². The van der Waals surface area contributed by atoms with Crippen LogP contribution in [0.1, 0.15) is 27.3 Å². The van der Waals surface area contributed by atoms with Crippen molar-refractivity contribution >= 4 is 18.1 Å². The minimum absolute atomic E-state index is 0.292. The topological polar surface area (TPSA) is 50.2 Å². The number of hydrogen-bond donors (Lipinski definition) is 1. The predicted octanol–water partition coefficient (Wildman–Crippen LogP) is 3.26. The molecule has 2 aromatic rings. The zero-order valence-corrected chi connectivity index (χ0v) is 10.00. The fourth-order valence-corrected chi connectivity index (χ4v) is 1.58. The lowest BCUT2D eigenvalue weighted by atomic mass is 10.1. The second-order valence-electron chi connectivity index (χ2n) is 3.96. The summed E-state index contributed by atoms with van der Waals surface area (Å²) < 4.78 is 0. The van der Waals surface area contributed by atoms with Crippen molar-refractivity contribution in [1.29, 1.82) is 0 Å². The van der Waals surface area contributed by atoms with Crippen LogP contribution in [0.3, 0.4) is 0 Å². The highest BCUT2D eigenvalue weighted by atomic mass is 16.4. The normalized spacial score (nSPS) is 10.7. The number of aromatic nitrogens is 1. The molecule has 0 spiro atoms. The van der Waals surface area contributed by atoms with E-state index in [1.165, 1.54) is 0 Å². The van der Waals surface area contributed by atoms with Crippen molar-refractivity contribution in [2.45, 2.75) is 6.92 Å². The minimum atomic E-state index is -0.911. The van der Waals surface area contributed by atoms with Gasteiger partial charge in [0.15, 0.2) is 0 Å². The van der Waals surface area contributed by atoms with Crippen LogP contribution in [0.4, 0.5) is 0 Å². The average Bonchev–Trinajstić information content (AvgIpc) is 2.37. The molecule has 0 aliphatic carbocycles. The molecule has 2 rings (SSSR count). The van der Waals surface area contributed by atoms with Crippen molar-refractivity contribution in [1.82, 2.24) is 4.98 Å². The monoisotopic (exact) mass is 239 g/mol. The van der Waals surface area contributed by atoms with E-state index in [2.05, 4.69) is 4.98 Å². The third-order valence-corrected chi connectivity index (χ3v) is 2.51. The molecule has 0 aliphatic rings. The summed E-state index contributed by atoms with van der Waals surface area (Å²) in [5.41, 5.74) is 3.10. The fourth-order valence-electron chi connectivity index (χ4n) is 1.58. The van der Waals surface area contributed by atoms with Crippen molar-refractivity contribution in [3.63, 3.8) is 0 Å². The molecule has 90 valence electrons. The first kappa shape index (κ1) is 12.0. The Balaban J connectivity index is 2.16. The number of rotatable bonds is 3. The van der Waals surface area contributed by atoms with E-state index in [0.717, 1.165) is 17.0 Å². The third-order valence-electron chi connectivity index (χ3n) is 2.51. The van der Waals surface area contributed by atoms with Gasteiger partial charge in [0.05, 0.1) is 11.3 Å². The van der Waals surface area contributed by atoms with E-state index in [1.807, 2.05) is 37.3 Å². The summed E-state index contributed by atoms with van der Waals surface area (Å²) in [4.78, 5) is 15.1. The Morgan fingerprint density at radius 2 is 1.83 bits per heavy atom. The number of nitrogens with zero attached hydrogens (tertiary/aromatic N) is 1. The van der Waals surface area contributed by atoms with E-state index < -0.39 is 5.97 Å². The number of aromatic carboxylic acids is 1. The lowest BCUT2D eigenvalue weighted by Crippen LogP contribution is -1.94. The molecule has 0 amide bonds. The van der Waals surface area contributed by atoms with E-state index in [4.69, 9.17) is 5.11 Å². The van der Waals surface area contributed by atoms with E-state index in [0.29, 0.717) is 5.56 Å². The van der Waals surface area contributed by atoms with Crippen LogP contribution in [-0.2, 0) is 0 Å². The lowest BCUT2D eigenvalue weighted by Gasteiger charge is -1.97. The molecule has 18 heavy (non-hydrogen) atoms. The Morgan fingerprint density at radius 1 is 1.11 bits per heavy atom. The third kappa shape index (κ3) is 3.04. The maximum atomic E-state index is 10.7. The van der Waals surface area contributed by atoms with Crippen molar-refractivity contribution in [2.24, 2.45) is 0 Å². The van der Waals surface area contributed by atoms with Gasteiger partial charge in [0.25, 0.3) is 0 Å². The molecular formula is C15H13NO2. The van der Waals surface area contributed by atoms with E-state index in [9.17, 15) is 4.79 Å². The number of carboxylic acid groups (broad SMARTS) is 1. The molecule has 3 nitrogen and oxygen atoms in total. The molecule has 1 aromatic heterocycles. The quantitative estimate of drug-likeness (QED) is 0.894. The predicted molar refractivity (Wildman–Crippen MR) is 71.3 cm³/mol. The molecule has 0 saturated heterocycles. The molecule has 1 heterocycles. The summed E-state index contributed by atoms with van der Waals surface area (Å²) in [7, 11) is 0. The van der Waals surface area contributed by atoms with Gasteiger partial charge in [-0.3, -0.25) is 4.98 Å². The van der Waals surface area contributed by atoms with Gasteiger partial charge in [-0.05, 0) is 42.8 Å². The average molecular weight is 239 g/mol. The van der Waals surface area contributed by atoms with Crippen LogP contribution in [-0.4, -0.2) is 16.1 Å². The van der Waals surface area contributed by atoms with Gasteiger partial charge in [-0.2, -0.15) is 0 Å². The summed E-state index contributed by atoms with van der Waals surface area (Å²) in [5, 5.41) is 8.79. The second-order valence-corrected chi connectivity index (χ2v) is 3.96. The first-order valence-corrected chi connectivity index (χ1v) is 5.60. The highest BCUT2D eigenvalue weighted by molar-refractivity contribution is 5.88. The molecule has 0 aliphatic heterocycles. The summed E-state index contributed by atoms with van der Waals surface area (Å²) in [6, 6.07) is 12.5. The number of pyridine rings is 1. The number of carbonyl (C=O) groups is 1. The SMILES string of the molecule is Cc1cccc(C=Cc2ccc(C(=O)O)cc2)n1. The van der Waals surface area contributed by atoms with Crippen LogP contribution in [0.2, 0.25) is 0 Å². The van der Waals surface area contributed by atoms with Crippen molar-refractivity contribution in [3.8, 4) is 0 Å². The number of benzene rings is 1. The number of carboxylic acids is 1. The Kier molecular flexibility index (Phi) is 3.53. The summed E-state index contributed by atoms with van der Waals surface area (Å²) in [5.74, 6) is -0.911. The number of hydrogen-bond acceptors (Lipinski definition) is 2. The van der Waals surface area contributed by atoms with Crippen LogP contribution < -0.4 is 0 Å². The van der Waals surface area contributed by atoms with Crippen LogP contribution in [0, 0.1) is 6.92 Å². The van der Waals surface area contributed by atoms with E-state index in [-0.39, 0.29) is 0 Å². The zero-order chi connectivity index (χ0) is 13.0. The maximum absolute atomic E-state index is 10.7. The second kappa shape index (κ2) is 5.27. The zero-order valence-electron chi connectivity index (χ0n) is 10.00. The molecule has 0 bridgehead atoms. The highest BCUT2D eigenvalue weighted by Gasteiger charge is 1.99. The molecule has 0 radical (unpaired) electrons. The first-order chi connectivity index (χ1) is 8.65. The van der Waals surface area contributed by atoms with Crippen LogP contribution >= 0.6 is 0 Å². The minimum Gasteiger partial charge on any atom is -0.478 e. The van der Waals surface area contributed by atoms with Crippen LogP contribution in [0.25, 0.3) is 12.2 Å². The Morgan fingerprint density at radius 3 is 2.44 bits per heavy atom. The molecule has 0 saturated carbocycles. The van der Waals surface area contributed by atoms with Crippen molar-refractivity contribution in [3.05, 3.63) is 65.0 Å². The first-order valence-electron chi connectivity index (χ1n) is 5.60. The number of aryl methyl sites for hydroxylation is 1. The van der Waals surface area contributed by atoms with Gasteiger partial charge >= 0.3 is 5.97 Å². The molecule has 0 fully saturated rings. The Bertz CT molecular complexity index is 586. The van der Waals surface area contributed by atoms with Crippen LogP contribution in [0.15, 0.2) is 42.5 Å². The Labute approximate surface area is 105 Å². The van der Waals surface area contributed by atoms with Crippen molar-refractivity contribution in [2.75, 3.05) is 0 Å². The van der Waals surface area contributed by atoms with Gasteiger partial charge in [-0.1, -0.05) is 24.3 Å². The van der Waals surface area contributed by atoms with Gasteiger partial charge in [0.1, 0.15) is 0 Å². The van der Waals surface area contributed by atoms with Gasteiger partial charge in [0.2, 0.25) is 0 Å². The Hall–Kier alpha value is -2.42. The maximum Gasteiger partial charge on any atom is 0.335 e. The van der Waals surface area contributed by atoms with Gasteiger partial charge in [0, 0.05) is 5.69 Å². The molecule has 1 aromatic carbocycles. The van der Waals surface area contributed by atoms with Gasteiger partial charge in [-0.25, -0.2) is 4.79 Å². The van der Waals surface area contributed by atoms with Gasteiger partial charge < -0.3 is 5.11 Å². The molecule has 0 unspecified atom stereocenters. The van der Waals surface area contributed by atoms with Crippen LogP contribution in [0.5, 0.6) is 0 Å². The summed E-state index contributed by atoms with van der Waals surface area (Å²) >= 11 is 0. The molecule has 1 N–H and O–H groups in total. The molecule has 3 heteroatoms. The summed E-state index contributed by atoms with van der Waals surface area (Å²) in [6.45, 7) is 1.94. The van der Waals surface area contributed by atoms with Gasteiger partial charge in [-0.15, -0.1) is 0 Å². The summed E-state index contributed by atoms with van der Waals surface area (Å²) in [6.07, 6.45) is 3.82. The molecular weight excluding hydrogens is 226 g/mol. The lowest BCUT2D eigenvalue weighted by molar-refractivity contribution is 0.0697. The van der Waals surface area contributed by atoms with E-state index in [1.54, 1.807) is 24.3 Å². The standard InChI is InChI=1S/C15H13NO2/c1-11-3-2-4-14(16-11)10-7-12-5-8-13(9-6-12)15(17)18/h2-10H,1H3,(H,17,18).